The third-order valence-electron chi connectivity index (χ3n) is 3.27. The molecule has 106 valence electrons. The molecule has 2 nitrogen and oxygen atoms in total. The van der Waals surface area contributed by atoms with E-state index in [9.17, 15) is 4.79 Å². The number of thiocarbonyl (C=S) groups is 1. The highest BCUT2D eigenvalue weighted by atomic mass is 32.2. The number of para-hydroxylation sites is 1. The Balaban J connectivity index is 2.02. The Hall–Kier alpha value is -1.43. The lowest BCUT2D eigenvalue weighted by molar-refractivity contribution is -0.113. The van der Waals surface area contributed by atoms with Crippen LogP contribution in [0.15, 0.2) is 40.6 Å². The van der Waals surface area contributed by atoms with E-state index in [1.165, 1.54) is 11.8 Å². The second kappa shape index (κ2) is 5.75. The van der Waals surface area contributed by atoms with Gasteiger partial charge in [0.2, 0.25) is 0 Å². The molecule has 5 heteroatoms. The first-order valence-corrected chi connectivity index (χ1v) is 8.56. The zero-order chi connectivity index (χ0) is 15.0. The second-order valence-corrected chi connectivity index (χ2v) is 7.43. The molecule has 1 amide bonds. The fourth-order valence-electron chi connectivity index (χ4n) is 2.32. The molecule has 0 spiro atoms. The third kappa shape index (κ3) is 2.69. The van der Waals surface area contributed by atoms with Gasteiger partial charge in [0.25, 0.3) is 5.91 Å². The number of anilines is 1. The molecule has 0 bridgehead atoms. The lowest BCUT2D eigenvalue weighted by atomic mass is 10.1. The quantitative estimate of drug-likeness (QED) is 0.584. The van der Waals surface area contributed by atoms with Gasteiger partial charge >= 0.3 is 0 Å². The summed E-state index contributed by atoms with van der Waals surface area (Å²) < 4.78 is 0.597. The van der Waals surface area contributed by atoms with Gasteiger partial charge in [0, 0.05) is 4.88 Å². The topological polar surface area (TPSA) is 20.3 Å². The van der Waals surface area contributed by atoms with Gasteiger partial charge in [0.15, 0.2) is 4.32 Å². The SMILES string of the molecule is Cc1cccc(C)c1N1C(=O)C(=Cc2cccs2)SC1=S. The van der Waals surface area contributed by atoms with E-state index >= 15 is 0 Å². The van der Waals surface area contributed by atoms with Crippen LogP contribution >= 0.6 is 35.3 Å². The summed E-state index contributed by atoms with van der Waals surface area (Å²) >= 11 is 8.40. The number of thioether (sulfide) groups is 1. The van der Waals surface area contributed by atoms with Gasteiger partial charge < -0.3 is 0 Å². The van der Waals surface area contributed by atoms with E-state index in [-0.39, 0.29) is 5.91 Å². The smallest absolute Gasteiger partial charge is 0.268 e. The number of amides is 1. The highest BCUT2D eigenvalue weighted by Crippen LogP contribution is 2.38. The maximum absolute atomic E-state index is 12.7. The predicted octanol–water partition coefficient (Wildman–Crippen LogP) is 4.77. The molecule has 0 N–H and O–H groups in total. The zero-order valence-corrected chi connectivity index (χ0v) is 14.1. The van der Waals surface area contributed by atoms with Crippen molar-refractivity contribution in [3.05, 3.63) is 56.6 Å². The fourth-order valence-corrected chi connectivity index (χ4v) is 4.31. The summed E-state index contributed by atoms with van der Waals surface area (Å²) in [6, 6.07) is 9.97. The van der Waals surface area contributed by atoms with E-state index in [1.807, 2.05) is 55.6 Å². The molecule has 2 heterocycles. The standard InChI is InChI=1S/C16H13NOS3/c1-10-5-3-6-11(2)14(10)17-15(18)13(21-16(17)19)9-12-7-4-8-20-12/h3-9H,1-2H3. The maximum atomic E-state index is 12.7. The molecule has 1 fully saturated rings. The molecule has 0 atom stereocenters. The Morgan fingerprint density at radius 2 is 1.86 bits per heavy atom. The minimum absolute atomic E-state index is 0.0317. The average molecular weight is 331 g/mol. The summed E-state index contributed by atoms with van der Waals surface area (Å²) in [5.41, 5.74) is 3.03. The van der Waals surface area contributed by atoms with Crippen molar-refractivity contribution in [3.8, 4) is 0 Å². The number of nitrogens with zero attached hydrogens (tertiary/aromatic N) is 1. The number of aryl methyl sites for hydroxylation is 2. The van der Waals surface area contributed by atoms with E-state index in [2.05, 4.69) is 0 Å². The van der Waals surface area contributed by atoms with Crippen molar-refractivity contribution in [1.82, 2.24) is 0 Å². The maximum Gasteiger partial charge on any atom is 0.270 e. The Morgan fingerprint density at radius 1 is 1.14 bits per heavy atom. The summed E-state index contributed by atoms with van der Waals surface area (Å²) in [6.45, 7) is 4.01. The van der Waals surface area contributed by atoms with Gasteiger partial charge in [-0.2, -0.15) is 0 Å². The van der Waals surface area contributed by atoms with E-state index in [1.54, 1.807) is 16.2 Å². The third-order valence-corrected chi connectivity index (χ3v) is 5.39. The van der Waals surface area contributed by atoms with Crippen LogP contribution in [0.2, 0.25) is 0 Å². The van der Waals surface area contributed by atoms with Crippen LogP contribution in [0.3, 0.4) is 0 Å². The van der Waals surface area contributed by atoms with Gasteiger partial charge in [-0.25, -0.2) is 0 Å². The molecule has 3 rings (SSSR count). The predicted molar refractivity (Wildman–Crippen MR) is 95.9 cm³/mol. The number of carbonyl (C=O) groups excluding carboxylic acids is 1. The lowest BCUT2D eigenvalue weighted by Gasteiger charge is -2.19. The summed E-state index contributed by atoms with van der Waals surface area (Å²) in [7, 11) is 0. The molecule has 1 aliphatic heterocycles. The van der Waals surface area contributed by atoms with Crippen LogP contribution in [0.1, 0.15) is 16.0 Å². The van der Waals surface area contributed by atoms with Gasteiger partial charge in [-0.15, -0.1) is 11.3 Å². The van der Waals surface area contributed by atoms with Gasteiger partial charge in [-0.3, -0.25) is 9.69 Å². The minimum atomic E-state index is -0.0317. The number of thiophene rings is 1. The van der Waals surface area contributed by atoms with Crippen molar-refractivity contribution in [3.63, 3.8) is 0 Å². The van der Waals surface area contributed by atoms with Crippen LogP contribution in [0, 0.1) is 13.8 Å². The molecular weight excluding hydrogens is 318 g/mol. The van der Waals surface area contributed by atoms with Gasteiger partial charge in [0.05, 0.1) is 10.6 Å². The van der Waals surface area contributed by atoms with Gasteiger partial charge in [-0.05, 0) is 42.5 Å². The van der Waals surface area contributed by atoms with Crippen LogP contribution in [0.5, 0.6) is 0 Å². The minimum Gasteiger partial charge on any atom is -0.268 e. The zero-order valence-electron chi connectivity index (χ0n) is 11.6. The number of rotatable bonds is 2. The molecule has 0 unspecified atom stereocenters. The van der Waals surface area contributed by atoms with Crippen LogP contribution in [0.25, 0.3) is 6.08 Å². The monoisotopic (exact) mass is 331 g/mol. The Bertz CT molecular complexity index is 727. The van der Waals surface area contributed by atoms with Crippen LogP contribution in [0.4, 0.5) is 5.69 Å². The summed E-state index contributed by atoms with van der Waals surface area (Å²) in [4.78, 5) is 16.1. The molecule has 21 heavy (non-hydrogen) atoms. The van der Waals surface area contributed by atoms with E-state index in [0.717, 1.165) is 21.7 Å². The van der Waals surface area contributed by atoms with Crippen molar-refractivity contribution >= 4 is 57.3 Å². The van der Waals surface area contributed by atoms with E-state index in [4.69, 9.17) is 12.2 Å². The number of benzene rings is 1. The number of hydrogen-bond donors (Lipinski definition) is 0. The fraction of sp³-hybridized carbons (Fsp3) is 0.125. The van der Waals surface area contributed by atoms with Crippen molar-refractivity contribution in [2.45, 2.75) is 13.8 Å². The Morgan fingerprint density at radius 3 is 2.48 bits per heavy atom. The molecule has 1 saturated heterocycles. The molecule has 0 saturated carbocycles. The van der Waals surface area contributed by atoms with Crippen molar-refractivity contribution < 1.29 is 4.79 Å². The van der Waals surface area contributed by atoms with Crippen molar-refractivity contribution in [1.29, 1.82) is 0 Å². The first-order valence-electron chi connectivity index (χ1n) is 6.45. The molecule has 0 radical (unpaired) electrons. The highest BCUT2D eigenvalue weighted by Gasteiger charge is 2.34. The molecule has 1 aromatic carbocycles. The normalized spacial score (nSPS) is 17.0. The van der Waals surface area contributed by atoms with Crippen LogP contribution in [-0.4, -0.2) is 10.2 Å². The highest BCUT2D eigenvalue weighted by molar-refractivity contribution is 8.27. The molecule has 1 aliphatic rings. The van der Waals surface area contributed by atoms with Crippen molar-refractivity contribution in [2.24, 2.45) is 0 Å². The average Bonchev–Trinajstić information content (AvgIpc) is 3.02. The summed E-state index contributed by atoms with van der Waals surface area (Å²) in [5, 5.41) is 2.00. The van der Waals surface area contributed by atoms with Gasteiger partial charge in [0.1, 0.15) is 0 Å². The Kier molecular flexibility index (Phi) is 3.97. The molecular formula is C16H13NOS3. The van der Waals surface area contributed by atoms with Crippen LogP contribution in [-0.2, 0) is 4.79 Å². The first-order chi connectivity index (χ1) is 10.1. The van der Waals surface area contributed by atoms with Crippen LogP contribution < -0.4 is 4.90 Å². The lowest BCUT2D eigenvalue weighted by Crippen LogP contribution is -2.29. The molecule has 1 aromatic heterocycles. The summed E-state index contributed by atoms with van der Waals surface area (Å²) in [5.74, 6) is -0.0317. The van der Waals surface area contributed by atoms with Crippen molar-refractivity contribution in [2.75, 3.05) is 4.90 Å². The van der Waals surface area contributed by atoms with E-state index < -0.39 is 0 Å². The van der Waals surface area contributed by atoms with Gasteiger partial charge in [-0.1, -0.05) is 48.2 Å². The largest absolute Gasteiger partial charge is 0.270 e. The number of carbonyl (C=O) groups is 1. The molecule has 2 aromatic rings. The van der Waals surface area contributed by atoms with E-state index in [0.29, 0.717) is 9.23 Å². The molecule has 0 aliphatic carbocycles. The Labute approximate surface area is 137 Å². The summed E-state index contributed by atoms with van der Waals surface area (Å²) in [6.07, 6.45) is 1.91. The number of hydrogen-bond acceptors (Lipinski definition) is 4. The first kappa shape index (κ1) is 14.5. The second-order valence-electron chi connectivity index (χ2n) is 4.77.